The smallest absolute Gasteiger partial charge is 0.270 e. The molecule has 577 valence electrons. The number of rotatable bonds is 31. The molecule has 0 saturated carbocycles. The minimum atomic E-state index is -0.432. The molecule has 12 rings (SSSR count). The topological polar surface area (TPSA) is 319 Å². The van der Waals surface area contributed by atoms with E-state index >= 15 is 0 Å². The zero-order valence-corrected chi connectivity index (χ0v) is 68.4. The number of nitrogens with two attached hydrogens (primary N) is 4. The normalized spacial score (nSPS) is 12.3. The molecule has 0 bridgehead atoms. The molecule has 0 aliphatic carbocycles. The molecule has 15 N–H and O–H groups in total. The maximum absolute atomic E-state index is 13.3. The molecule has 18 heteroatoms. The number of aliphatic hydroxyl groups excluding tert-OH is 3. The molecule has 0 heterocycles. The third-order valence-electron chi connectivity index (χ3n) is 19.9. The number of anilines is 1. The van der Waals surface area contributed by atoms with Crippen LogP contribution in [0.2, 0.25) is 0 Å². The van der Waals surface area contributed by atoms with Crippen LogP contribution >= 0.6 is 0 Å². The molecule has 114 heavy (non-hydrogen) atoms. The summed E-state index contributed by atoms with van der Waals surface area (Å²) in [4.78, 5) is 50.7. The largest absolute Gasteiger partial charge is 0.699 e. The van der Waals surface area contributed by atoms with Crippen molar-refractivity contribution in [3.8, 4) is 33.4 Å². The Labute approximate surface area is 703 Å². The standard InChI is InChI=1S/C32H31N3O4.C32H33N3O2.C32H32N3O2.Ac/c1-22(33)27-10-5-9-24(17-27)18-29(21-36)31(19-23-7-3-2-4-8-23)34-32(37)26-15-13-25(14-16-26)28-11-6-12-30(20-28)35(38)39;2*1-22(33)27-10-5-9-24(17-27)18-29(21-36)31(19-23-7-3-2-4-8-23)35-32(37)26-15-13-25(14-16-26)28-11-6-12-30(34)20-28;/h2-17,20,29,31,36H,1,18-19,21,33H2,(H,34,37);2-17,20,29,31,36H,1,18-19,21,33-34H2,(H,35,37);2-17,20,29,31,34,36H,1,18-19,21,33H2,(H,35,37);/q;;-1;. The summed E-state index contributed by atoms with van der Waals surface area (Å²) in [7, 11) is 0. The van der Waals surface area contributed by atoms with Crippen molar-refractivity contribution in [2.75, 3.05) is 25.6 Å². The van der Waals surface area contributed by atoms with Crippen molar-refractivity contribution in [2.45, 2.75) is 56.7 Å². The second-order valence-electron chi connectivity index (χ2n) is 28.2. The maximum atomic E-state index is 13.3. The molecule has 0 aromatic heterocycles. The van der Waals surface area contributed by atoms with Crippen LogP contribution in [-0.4, -0.2) is 75.9 Å². The molecule has 0 aliphatic rings. The first-order valence-corrected chi connectivity index (χ1v) is 37.4. The van der Waals surface area contributed by atoms with E-state index in [0.29, 0.717) is 89.2 Å². The van der Waals surface area contributed by atoms with Gasteiger partial charge in [0.25, 0.3) is 23.4 Å². The van der Waals surface area contributed by atoms with Crippen molar-refractivity contribution < 1.29 is 78.7 Å². The van der Waals surface area contributed by atoms with Gasteiger partial charge in [-0.3, -0.25) is 24.5 Å². The Morgan fingerprint density at radius 2 is 0.632 bits per heavy atom. The molecule has 17 nitrogen and oxygen atoms in total. The number of nitrogen functional groups attached to an aromatic ring is 1. The van der Waals surface area contributed by atoms with Crippen LogP contribution in [0.4, 0.5) is 17.1 Å². The Morgan fingerprint density at radius 3 is 0.930 bits per heavy atom. The van der Waals surface area contributed by atoms with Crippen molar-refractivity contribution in [3.05, 3.63) is 412 Å². The number of nitro benzene ring substituents is 1. The fourth-order valence-electron chi connectivity index (χ4n) is 13.6. The zero-order valence-electron chi connectivity index (χ0n) is 63.6. The van der Waals surface area contributed by atoms with Gasteiger partial charge in [-0.25, -0.2) is 0 Å². The average molecular weight is 1730 g/mol. The van der Waals surface area contributed by atoms with Crippen LogP contribution in [-0.2, 0) is 38.5 Å². The van der Waals surface area contributed by atoms with E-state index < -0.39 is 4.92 Å². The van der Waals surface area contributed by atoms with E-state index in [1.807, 2.05) is 237 Å². The Kier molecular flexibility index (Phi) is 32.5. The molecule has 3 amide bonds. The molecule has 12 aromatic carbocycles. The molecular formula is C96H96AcN9O8-. The van der Waals surface area contributed by atoms with Crippen molar-refractivity contribution in [2.24, 2.45) is 35.0 Å². The summed E-state index contributed by atoms with van der Waals surface area (Å²) in [6, 6.07) is 95.5. The molecule has 0 saturated heterocycles. The van der Waals surface area contributed by atoms with Crippen molar-refractivity contribution in [3.63, 3.8) is 0 Å². The van der Waals surface area contributed by atoms with Crippen molar-refractivity contribution >= 4 is 51.9 Å². The summed E-state index contributed by atoms with van der Waals surface area (Å²) in [5.74, 6) is -1.28. The van der Waals surface area contributed by atoms with Gasteiger partial charge in [0.15, 0.2) is 0 Å². The van der Waals surface area contributed by atoms with E-state index in [1.54, 1.807) is 60.7 Å². The van der Waals surface area contributed by atoms with Gasteiger partial charge in [-0.15, -0.1) is 5.69 Å². The number of benzene rings is 12. The van der Waals surface area contributed by atoms with Crippen LogP contribution in [0.3, 0.4) is 0 Å². The van der Waals surface area contributed by atoms with Gasteiger partial charge in [-0.05, 0) is 189 Å². The monoisotopic (exact) mass is 1730 g/mol. The fourth-order valence-corrected chi connectivity index (χ4v) is 13.6. The van der Waals surface area contributed by atoms with Gasteiger partial charge in [0.05, 0.1) is 4.92 Å². The van der Waals surface area contributed by atoms with Crippen LogP contribution in [0.15, 0.2) is 329 Å². The summed E-state index contributed by atoms with van der Waals surface area (Å²) < 4.78 is 0. The predicted octanol–water partition coefficient (Wildman–Crippen LogP) is 16.6. The SMILES string of the molecule is C=C(N)c1cccc(CC(CO)C(Cc2ccccc2)NC(=O)c2ccc(-c3cccc(N)c3)cc2)c1.C=C(N)c1cccc(CC(CO)C(Cc2ccccc2)NC(=O)c2ccc(-c3cccc([N+](=O)[O-])c3)cc2)c1.C=C(N)c1cccc(CC(CO)C(Cc2ccccc2)NC(=O)c2ccc(-c3cccc([NH-])c3)cc2)c1.[Ac]. The van der Waals surface area contributed by atoms with E-state index in [1.165, 1.54) is 12.1 Å². The Morgan fingerprint density at radius 1 is 0.342 bits per heavy atom. The van der Waals surface area contributed by atoms with E-state index in [2.05, 4.69) is 35.7 Å². The fraction of sp³-hybridized carbons (Fsp3) is 0.156. The summed E-state index contributed by atoms with van der Waals surface area (Å²) >= 11 is 0. The van der Waals surface area contributed by atoms with E-state index in [4.69, 9.17) is 28.7 Å². The summed E-state index contributed by atoms with van der Waals surface area (Å²) in [6.07, 6.45) is 3.45. The first-order valence-electron chi connectivity index (χ1n) is 37.4. The second-order valence-corrected chi connectivity index (χ2v) is 28.2. The van der Waals surface area contributed by atoms with Gasteiger partial charge in [0.1, 0.15) is 0 Å². The van der Waals surface area contributed by atoms with Crippen LogP contribution in [0.1, 0.15) is 81.1 Å². The molecule has 6 atom stereocenters. The number of carbonyl (C=O) groups is 3. The number of non-ortho nitro benzene ring substituents is 1. The Bertz CT molecular complexity index is 4980. The quantitative estimate of drug-likeness (QED) is 0.0110. The number of hydrogen-bond acceptors (Lipinski definition) is 12. The first kappa shape index (κ1) is 86.0. The number of hydrogen-bond donors (Lipinski definition) is 10. The second kappa shape index (κ2) is 43.1. The third-order valence-corrected chi connectivity index (χ3v) is 19.9. The Hall–Kier alpha value is -12.0. The number of nitro groups is 1. The van der Waals surface area contributed by atoms with Gasteiger partial charge in [-0.2, -0.15) is 0 Å². The molecular weight excluding hydrogens is 1630 g/mol. The van der Waals surface area contributed by atoms with Gasteiger partial charge < -0.3 is 59.9 Å². The molecule has 0 fully saturated rings. The number of nitrogens with zero attached hydrogens (tertiary/aromatic N) is 1. The van der Waals surface area contributed by atoms with Gasteiger partial charge >= 0.3 is 0 Å². The van der Waals surface area contributed by atoms with Crippen molar-refractivity contribution in [1.29, 1.82) is 0 Å². The predicted molar refractivity (Wildman–Crippen MR) is 457 cm³/mol. The summed E-state index contributed by atoms with van der Waals surface area (Å²) in [5, 5.41) is 51.8. The van der Waals surface area contributed by atoms with Gasteiger partial charge in [0.2, 0.25) is 0 Å². The van der Waals surface area contributed by atoms with Crippen LogP contribution in [0, 0.1) is 71.9 Å². The maximum Gasteiger partial charge on any atom is 0.270 e. The first-order chi connectivity index (χ1) is 54.7. The number of aliphatic hydroxyl groups is 3. The van der Waals surface area contributed by atoms with Gasteiger partial charge in [-0.1, -0.05) is 250 Å². The molecule has 1 radical (unpaired) electrons. The van der Waals surface area contributed by atoms with E-state index in [0.717, 1.165) is 77.9 Å². The minimum Gasteiger partial charge on any atom is -0.699 e. The number of nitrogens with one attached hydrogen (secondary N) is 4. The van der Waals surface area contributed by atoms with Gasteiger partial charge in [0, 0.05) is 151 Å². The van der Waals surface area contributed by atoms with Crippen LogP contribution in [0.25, 0.3) is 56.2 Å². The van der Waals surface area contributed by atoms with Crippen LogP contribution in [0.5, 0.6) is 0 Å². The van der Waals surface area contributed by atoms with E-state index in [9.17, 15) is 39.8 Å². The molecule has 0 spiro atoms. The summed E-state index contributed by atoms with van der Waals surface area (Å²) in [5.41, 5.74) is 49.7. The van der Waals surface area contributed by atoms with Crippen molar-refractivity contribution in [1.82, 2.24) is 16.0 Å². The molecule has 0 aliphatic heterocycles. The summed E-state index contributed by atoms with van der Waals surface area (Å²) in [6.45, 7) is 11.2. The number of carbonyl (C=O) groups excluding carboxylic acids is 3. The minimum absolute atomic E-state index is 0. The average Bonchev–Trinajstić information content (AvgIpc) is 0.845. The zero-order chi connectivity index (χ0) is 80.2. The molecule has 12 aromatic rings. The van der Waals surface area contributed by atoms with E-state index in [-0.39, 0.29) is 123 Å². The van der Waals surface area contributed by atoms with Crippen LogP contribution < -0.4 is 38.9 Å². The Balaban J connectivity index is 0.000000195. The molecule has 6 unspecified atom stereocenters. The third kappa shape index (κ3) is 25.5. The number of amides is 3.